The minimum absolute atomic E-state index is 0.130. The van der Waals surface area contributed by atoms with Gasteiger partial charge in [-0.25, -0.2) is 4.79 Å². The Bertz CT molecular complexity index is 999. The smallest absolute Gasteiger partial charge is 0.325 e. The number of nitrogens with zero attached hydrogens (tertiary/aromatic N) is 1. The minimum Gasteiger partial charge on any atom is -0.325 e. The van der Waals surface area contributed by atoms with E-state index in [0.29, 0.717) is 11.4 Å². The summed E-state index contributed by atoms with van der Waals surface area (Å²) in [6.45, 7) is 1.58. The van der Waals surface area contributed by atoms with Gasteiger partial charge in [0.15, 0.2) is 0 Å². The van der Waals surface area contributed by atoms with Crippen LogP contribution in [0.3, 0.4) is 0 Å². The molecule has 0 atom stereocenters. The number of aromatic nitrogens is 3. The number of aromatic amines is 2. The van der Waals surface area contributed by atoms with Gasteiger partial charge in [-0.05, 0) is 31.2 Å². The molecule has 0 aliphatic heterocycles. The third-order valence-electron chi connectivity index (χ3n) is 3.51. The lowest BCUT2D eigenvalue weighted by atomic mass is 10.1. The fourth-order valence-electron chi connectivity index (χ4n) is 2.41. The average molecular weight is 310 g/mol. The normalized spacial score (nSPS) is 10.7. The molecule has 1 amide bonds. The van der Waals surface area contributed by atoms with E-state index in [9.17, 15) is 14.4 Å². The lowest BCUT2D eigenvalue weighted by molar-refractivity contribution is -0.115. The fraction of sp³-hybridized carbons (Fsp3) is 0.125. The summed E-state index contributed by atoms with van der Waals surface area (Å²) >= 11 is 0. The zero-order valence-electron chi connectivity index (χ0n) is 12.3. The van der Waals surface area contributed by atoms with Crippen LogP contribution < -0.4 is 16.6 Å². The Hall–Kier alpha value is -3.22. The van der Waals surface area contributed by atoms with Crippen LogP contribution in [-0.2, 0) is 11.2 Å². The first-order valence-electron chi connectivity index (χ1n) is 7.00. The highest BCUT2D eigenvalue weighted by Gasteiger charge is 2.12. The summed E-state index contributed by atoms with van der Waals surface area (Å²) in [5.74, 6) is -0.345. The second-order valence-corrected chi connectivity index (χ2v) is 5.11. The van der Waals surface area contributed by atoms with Crippen molar-refractivity contribution in [1.29, 1.82) is 0 Å². The molecule has 2 heterocycles. The molecule has 23 heavy (non-hydrogen) atoms. The van der Waals surface area contributed by atoms with Crippen LogP contribution in [0.1, 0.15) is 11.3 Å². The molecule has 7 heteroatoms. The summed E-state index contributed by atoms with van der Waals surface area (Å²) < 4.78 is 0. The minimum atomic E-state index is -0.586. The van der Waals surface area contributed by atoms with Crippen molar-refractivity contribution >= 4 is 22.5 Å². The predicted octanol–water partition coefficient (Wildman–Crippen LogP) is 1.10. The molecule has 0 aliphatic carbocycles. The molecule has 0 saturated carbocycles. The van der Waals surface area contributed by atoms with E-state index in [2.05, 4.69) is 20.3 Å². The number of rotatable bonds is 3. The topological polar surface area (TPSA) is 108 Å². The molecule has 1 aromatic carbocycles. The molecule has 0 radical (unpaired) electrons. The Balaban J connectivity index is 1.88. The van der Waals surface area contributed by atoms with Crippen LogP contribution >= 0.6 is 0 Å². The van der Waals surface area contributed by atoms with Gasteiger partial charge in [-0.3, -0.25) is 19.6 Å². The van der Waals surface area contributed by atoms with Crippen molar-refractivity contribution in [2.45, 2.75) is 13.3 Å². The third kappa shape index (κ3) is 3.03. The van der Waals surface area contributed by atoms with Crippen LogP contribution in [0.25, 0.3) is 10.9 Å². The van der Waals surface area contributed by atoms with Gasteiger partial charge in [0, 0.05) is 22.8 Å². The van der Waals surface area contributed by atoms with Crippen LogP contribution in [0.5, 0.6) is 0 Å². The molecule has 0 spiro atoms. The lowest BCUT2D eigenvalue weighted by Gasteiger charge is -2.09. The maximum Gasteiger partial charge on any atom is 0.325 e. The van der Waals surface area contributed by atoms with Crippen molar-refractivity contribution in [3.8, 4) is 0 Å². The Morgan fingerprint density at radius 2 is 2.00 bits per heavy atom. The summed E-state index contributed by atoms with van der Waals surface area (Å²) in [4.78, 5) is 44.0. The highest BCUT2D eigenvalue weighted by molar-refractivity contribution is 6.01. The van der Waals surface area contributed by atoms with Crippen LogP contribution in [0.15, 0.2) is 46.1 Å². The highest BCUT2D eigenvalue weighted by Crippen LogP contribution is 2.21. The van der Waals surface area contributed by atoms with Gasteiger partial charge in [-0.15, -0.1) is 0 Å². The molecule has 116 valence electrons. The van der Waals surface area contributed by atoms with E-state index in [1.165, 1.54) is 0 Å². The molecular weight excluding hydrogens is 296 g/mol. The number of pyridine rings is 1. The lowest BCUT2D eigenvalue weighted by Crippen LogP contribution is -2.29. The van der Waals surface area contributed by atoms with Crippen molar-refractivity contribution in [2.24, 2.45) is 0 Å². The number of nitrogens with one attached hydrogen (secondary N) is 3. The summed E-state index contributed by atoms with van der Waals surface area (Å²) in [5, 5.41) is 3.59. The SMILES string of the molecule is Cc1[nH]c(=O)[nH]c(=O)c1CC(=O)Nc1cccc2ncccc12. The van der Waals surface area contributed by atoms with E-state index in [1.807, 2.05) is 12.1 Å². The Morgan fingerprint density at radius 1 is 1.17 bits per heavy atom. The summed E-state index contributed by atoms with van der Waals surface area (Å²) in [5.41, 5.74) is 0.870. The van der Waals surface area contributed by atoms with E-state index < -0.39 is 11.2 Å². The van der Waals surface area contributed by atoms with Gasteiger partial charge in [0.2, 0.25) is 5.91 Å². The average Bonchev–Trinajstić information content (AvgIpc) is 2.51. The number of carbonyl (C=O) groups is 1. The number of H-pyrrole nitrogens is 2. The molecule has 3 rings (SSSR count). The number of anilines is 1. The van der Waals surface area contributed by atoms with E-state index in [4.69, 9.17) is 0 Å². The van der Waals surface area contributed by atoms with Crippen molar-refractivity contribution in [1.82, 2.24) is 15.0 Å². The van der Waals surface area contributed by atoms with Gasteiger partial charge in [0.1, 0.15) is 0 Å². The van der Waals surface area contributed by atoms with E-state index in [0.717, 1.165) is 10.9 Å². The first-order chi connectivity index (χ1) is 11.0. The molecule has 0 fully saturated rings. The number of carbonyl (C=O) groups excluding carboxylic acids is 1. The summed E-state index contributed by atoms with van der Waals surface area (Å²) in [6.07, 6.45) is 1.55. The van der Waals surface area contributed by atoms with Crippen molar-refractivity contribution in [3.63, 3.8) is 0 Å². The summed E-state index contributed by atoms with van der Waals surface area (Å²) in [6, 6.07) is 9.06. The first-order valence-corrected chi connectivity index (χ1v) is 7.00. The first kappa shape index (κ1) is 14.7. The third-order valence-corrected chi connectivity index (χ3v) is 3.51. The Labute approximate surface area is 130 Å². The van der Waals surface area contributed by atoms with Gasteiger partial charge < -0.3 is 10.3 Å². The zero-order chi connectivity index (χ0) is 16.4. The number of amides is 1. The monoisotopic (exact) mass is 310 g/mol. The van der Waals surface area contributed by atoms with Crippen LogP contribution in [-0.4, -0.2) is 20.9 Å². The van der Waals surface area contributed by atoms with Gasteiger partial charge in [-0.1, -0.05) is 6.07 Å². The molecule has 3 N–H and O–H groups in total. The summed E-state index contributed by atoms with van der Waals surface area (Å²) in [7, 11) is 0. The van der Waals surface area contributed by atoms with Crippen LogP contribution in [0.4, 0.5) is 5.69 Å². The standard InChI is InChI=1S/C16H14N4O3/c1-9-11(15(22)20-16(23)18-9)8-14(21)19-13-6-2-5-12-10(13)4-3-7-17-12/h2-7H,8H2,1H3,(H,19,21)(H2,18,20,22,23). The van der Waals surface area contributed by atoms with E-state index in [1.54, 1.807) is 31.3 Å². The molecule has 2 aromatic heterocycles. The van der Waals surface area contributed by atoms with Crippen LogP contribution in [0, 0.1) is 6.92 Å². The number of benzene rings is 1. The van der Waals surface area contributed by atoms with Gasteiger partial charge in [0.05, 0.1) is 17.6 Å². The van der Waals surface area contributed by atoms with E-state index >= 15 is 0 Å². The highest BCUT2D eigenvalue weighted by atomic mass is 16.2. The van der Waals surface area contributed by atoms with Gasteiger partial charge >= 0.3 is 5.69 Å². The quantitative estimate of drug-likeness (QED) is 0.673. The second-order valence-electron chi connectivity index (χ2n) is 5.11. The Kier molecular flexibility index (Phi) is 3.76. The van der Waals surface area contributed by atoms with Gasteiger partial charge in [0.25, 0.3) is 5.56 Å². The number of fused-ring (bicyclic) bond motifs is 1. The fourth-order valence-corrected chi connectivity index (χ4v) is 2.41. The molecule has 0 unspecified atom stereocenters. The molecule has 0 bridgehead atoms. The Morgan fingerprint density at radius 3 is 2.78 bits per heavy atom. The molecular formula is C16H14N4O3. The second kappa shape index (κ2) is 5.88. The van der Waals surface area contributed by atoms with Crippen molar-refractivity contribution in [2.75, 3.05) is 5.32 Å². The molecule has 7 nitrogen and oxygen atoms in total. The van der Waals surface area contributed by atoms with Crippen molar-refractivity contribution in [3.05, 3.63) is 68.6 Å². The van der Waals surface area contributed by atoms with Crippen LogP contribution in [0.2, 0.25) is 0 Å². The maximum absolute atomic E-state index is 12.2. The largest absolute Gasteiger partial charge is 0.325 e. The predicted molar refractivity (Wildman–Crippen MR) is 86.5 cm³/mol. The zero-order valence-corrected chi connectivity index (χ0v) is 12.3. The number of hydrogen-bond donors (Lipinski definition) is 3. The molecule has 3 aromatic rings. The van der Waals surface area contributed by atoms with Gasteiger partial charge in [-0.2, -0.15) is 0 Å². The van der Waals surface area contributed by atoms with E-state index in [-0.39, 0.29) is 17.9 Å². The maximum atomic E-state index is 12.2. The molecule has 0 aliphatic rings. The number of aryl methyl sites for hydroxylation is 1. The van der Waals surface area contributed by atoms with Crippen molar-refractivity contribution < 1.29 is 4.79 Å². The number of hydrogen-bond acceptors (Lipinski definition) is 4. The molecule has 0 saturated heterocycles.